The van der Waals surface area contributed by atoms with E-state index in [0.717, 1.165) is 47.7 Å². The number of nitrogens with zero attached hydrogens (tertiary/aromatic N) is 3. The van der Waals surface area contributed by atoms with Gasteiger partial charge >= 0.3 is 0 Å². The Balaban J connectivity index is 0.00000300. The molecular formula is C22H32IN5O. The molecule has 1 saturated heterocycles. The van der Waals surface area contributed by atoms with Gasteiger partial charge in [0.15, 0.2) is 5.96 Å². The van der Waals surface area contributed by atoms with Crippen molar-refractivity contribution in [3.8, 4) is 5.75 Å². The number of nitrogens with one attached hydrogen (secondary N) is 2. The van der Waals surface area contributed by atoms with Gasteiger partial charge in [0.25, 0.3) is 0 Å². The first-order valence-corrected chi connectivity index (χ1v) is 9.96. The number of hydrogen-bond donors (Lipinski definition) is 2. The Kier molecular flexibility index (Phi) is 9.50. The second-order valence-corrected chi connectivity index (χ2v) is 7.29. The Bertz CT molecular complexity index is 773. The summed E-state index contributed by atoms with van der Waals surface area (Å²) in [4.78, 5) is 11.3. The molecule has 1 aliphatic heterocycles. The van der Waals surface area contributed by atoms with E-state index in [1.165, 1.54) is 12.8 Å². The molecule has 6 nitrogen and oxygen atoms in total. The summed E-state index contributed by atoms with van der Waals surface area (Å²) in [5.41, 5.74) is 2.23. The number of hydrogen-bond acceptors (Lipinski definition) is 4. The molecule has 1 aromatic carbocycles. The second kappa shape index (κ2) is 11.8. The van der Waals surface area contributed by atoms with E-state index in [4.69, 9.17) is 4.74 Å². The van der Waals surface area contributed by atoms with Crippen LogP contribution in [0, 0.1) is 5.92 Å². The van der Waals surface area contributed by atoms with Crippen LogP contribution in [0.4, 0.5) is 5.82 Å². The molecule has 2 N–H and O–H groups in total. The number of benzene rings is 1. The Morgan fingerprint density at radius 2 is 1.86 bits per heavy atom. The molecule has 2 aromatic rings. The highest BCUT2D eigenvalue weighted by molar-refractivity contribution is 14.0. The van der Waals surface area contributed by atoms with Crippen LogP contribution in [0.15, 0.2) is 47.6 Å². The average Bonchev–Trinajstić information content (AvgIpc) is 2.75. The van der Waals surface area contributed by atoms with E-state index in [2.05, 4.69) is 44.6 Å². The van der Waals surface area contributed by atoms with E-state index in [1.807, 2.05) is 30.5 Å². The first kappa shape index (κ1) is 23.3. The van der Waals surface area contributed by atoms with Gasteiger partial charge in [-0.2, -0.15) is 0 Å². The summed E-state index contributed by atoms with van der Waals surface area (Å²) in [7, 11) is 3.46. The van der Waals surface area contributed by atoms with E-state index in [1.54, 1.807) is 14.2 Å². The monoisotopic (exact) mass is 509 g/mol. The van der Waals surface area contributed by atoms with Crippen molar-refractivity contribution in [2.24, 2.45) is 10.9 Å². The standard InChI is InChI=1S/C22H31N5O.HI/c1-17-10-12-27(13-11-17)21-9-8-18(14-24-21)15-25-22(23-2)26-16-19-6-4-5-7-20(19)28-3;/h4-9,14,17H,10-13,15-16H2,1-3H3,(H2,23,25,26);1H. The third kappa shape index (κ3) is 6.76. The number of aliphatic imine (C=N–C) groups is 1. The minimum atomic E-state index is 0. The largest absolute Gasteiger partial charge is 0.496 e. The van der Waals surface area contributed by atoms with E-state index in [-0.39, 0.29) is 24.0 Å². The smallest absolute Gasteiger partial charge is 0.191 e. The zero-order chi connectivity index (χ0) is 19.8. The molecular weight excluding hydrogens is 477 g/mol. The number of pyridine rings is 1. The van der Waals surface area contributed by atoms with E-state index < -0.39 is 0 Å². The van der Waals surface area contributed by atoms with Crippen LogP contribution >= 0.6 is 24.0 Å². The summed E-state index contributed by atoms with van der Waals surface area (Å²) < 4.78 is 5.40. The lowest BCUT2D eigenvalue weighted by atomic mass is 9.99. The Morgan fingerprint density at radius 3 is 2.52 bits per heavy atom. The molecule has 0 aliphatic carbocycles. The van der Waals surface area contributed by atoms with E-state index in [0.29, 0.717) is 13.1 Å². The zero-order valence-corrected chi connectivity index (χ0v) is 19.8. The molecule has 0 atom stereocenters. The number of anilines is 1. The lowest BCUT2D eigenvalue weighted by Crippen LogP contribution is -2.36. The van der Waals surface area contributed by atoms with Crippen LogP contribution in [0.3, 0.4) is 0 Å². The van der Waals surface area contributed by atoms with Crippen LogP contribution in [0.25, 0.3) is 0 Å². The number of rotatable bonds is 6. The van der Waals surface area contributed by atoms with Gasteiger partial charge in [0.1, 0.15) is 11.6 Å². The highest BCUT2D eigenvalue weighted by Crippen LogP contribution is 2.21. The predicted molar refractivity (Wildman–Crippen MR) is 130 cm³/mol. The second-order valence-electron chi connectivity index (χ2n) is 7.29. The van der Waals surface area contributed by atoms with Crippen LogP contribution in [-0.2, 0) is 13.1 Å². The molecule has 158 valence electrons. The van der Waals surface area contributed by atoms with Crippen LogP contribution in [0.2, 0.25) is 0 Å². The molecule has 1 fully saturated rings. The summed E-state index contributed by atoms with van der Waals surface area (Å²) in [6.45, 7) is 5.86. The Labute approximate surface area is 191 Å². The van der Waals surface area contributed by atoms with Crippen LogP contribution < -0.4 is 20.3 Å². The third-order valence-corrected chi connectivity index (χ3v) is 5.24. The number of guanidine groups is 1. The van der Waals surface area contributed by atoms with Gasteiger partial charge in [-0.3, -0.25) is 4.99 Å². The van der Waals surface area contributed by atoms with Gasteiger partial charge in [0.2, 0.25) is 0 Å². The lowest BCUT2D eigenvalue weighted by molar-refractivity contribution is 0.409. The number of ether oxygens (including phenoxy) is 1. The van der Waals surface area contributed by atoms with Gasteiger partial charge in [-0.15, -0.1) is 24.0 Å². The molecule has 0 bridgehead atoms. The third-order valence-electron chi connectivity index (χ3n) is 5.24. The van der Waals surface area contributed by atoms with Crippen molar-refractivity contribution in [2.45, 2.75) is 32.9 Å². The molecule has 3 rings (SSSR count). The van der Waals surface area contributed by atoms with Crippen molar-refractivity contribution >= 4 is 35.8 Å². The summed E-state index contributed by atoms with van der Waals surface area (Å²) >= 11 is 0. The van der Waals surface area contributed by atoms with Gasteiger partial charge in [-0.25, -0.2) is 4.98 Å². The molecule has 7 heteroatoms. The van der Waals surface area contributed by atoms with Crippen LogP contribution in [0.1, 0.15) is 30.9 Å². The van der Waals surface area contributed by atoms with Crippen molar-refractivity contribution < 1.29 is 4.74 Å². The maximum absolute atomic E-state index is 5.40. The highest BCUT2D eigenvalue weighted by Gasteiger charge is 2.16. The highest BCUT2D eigenvalue weighted by atomic mass is 127. The van der Waals surface area contributed by atoms with Crippen molar-refractivity contribution in [1.82, 2.24) is 15.6 Å². The number of methoxy groups -OCH3 is 1. The summed E-state index contributed by atoms with van der Waals surface area (Å²) in [6.07, 6.45) is 4.45. The van der Waals surface area contributed by atoms with E-state index >= 15 is 0 Å². The minimum absolute atomic E-state index is 0. The molecule has 1 aliphatic rings. The Hall–Kier alpha value is -2.03. The van der Waals surface area contributed by atoms with Gasteiger partial charge in [0.05, 0.1) is 7.11 Å². The molecule has 0 spiro atoms. The number of halogens is 1. The fraction of sp³-hybridized carbons (Fsp3) is 0.455. The van der Waals surface area contributed by atoms with Crippen LogP contribution in [-0.4, -0.2) is 38.2 Å². The molecule has 0 radical (unpaired) electrons. The Morgan fingerprint density at radius 1 is 1.14 bits per heavy atom. The normalized spacial score (nSPS) is 14.9. The van der Waals surface area contributed by atoms with Crippen molar-refractivity contribution in [3.63, 3.8) is 0 Å². The topological polar surface area (TPSA) is 61.8 Å². The van der Waals surface area contributed by atoms with Gasteiger partial charge in [-0.1, -0.05) is 31.2 Å². The maximum Gasteiger partial charge on any atom is 0.191 e. The maximum atomic E-state index is 5.40. The summed E-state index contributed by atoms with van der Waals surface area (Å²) in [5.74, 6) is 3.53. The molecule has 2 heterocycles. The summed E-state index contributed by atoms with van der Waals surface area (Å²) in [6, 6.07) is 12.2. The minimum Gasteiger partial charge on any atom is -0.496 e. The summed E-state index contributed by atoms with van der Waals surface area (Å²) in [5, 5.41) is 6.67. The van der Waals surface area contributed by atoms with E-state index in [9.17, 15) is 0 Å². The fourth-order valence-electron chi connectivity index (χ4n) is 3.38. The van der Waals surface area contributed by atoms with Crippen molar-refractivity contribution in [1.29, 1.82) is 0 Å². The van der Waals surface area contributed by atoms with Gasteiger partial charge < -0.3 is 20.3 Å². The molecule has 29 heavy (non-hydrogen) atoms. The molecule has 1 aromatic heterocycles. The fourth-order valence-corrected chi connectivity index (χ4v) is 3.38. The lowest BCUT2D eigenvalue weighted by Gasteiger charge is -2.31. The predicted octanol–water partition coefficient (Wildman–Crippen LogP) is 3.81. The quantitative estimate of drug-likeness (QED) is 0.353. The number of piperidine rings is 1. The number of para-hydroxylation sites is 1. The van der Waals surface area contributed by atoms with Crippen molar-refractivity contribution in [3.05, 3.63) is 53.7 Å². The SMILES string of the molecule is CN=C(NCc1ccc(N2CCC(C)CC2)nc1)NCc1ccccc1OC.I. The molecule has 0 saturated carbocycles. The zero-order valence-electron chi connectivity index (χ0n) is 17.5. The van der Waals surface area contributed by atoms with Crippen LogP contribution in [0.5, 0.6) is 5.75 Å². The average molecular weight is 509 g/mol. The number of aromatic nitrogens is 1. The molecule has 0 unspecified atom stereocenters. The first-order valence-electron chi connectivity index (χ1n) is 9.96. The molecule has 0 amide bonds. The van der Waals surface area contributed by atoms with Gasteiger partial charge in [0, 0.05) is 45.0 Å². The van der Waals surface area contributed by atoms with Gasteiger partial charge in [-0.05, 0) is 36.5 Å². The first-order chi connectivity index (χ1) is 13.7. The van der Waals surface area contributed by atoms with Crippen molar-refractivity contribution in [2.75, 3.05) is 32.1 Å².